The van der Waals surface area contributed by atoms with Gasteiger partial charge >= 0.3 is 5.97 Å². The second kappa shape index (κ2) is 6.94. The number of thioether (sulfide) groups is 1. The molecule has 7 heteroatoms. The van der Waals surface area contributed by atoms with Crippen molar-refractivity contribution >= 4 is 62.8 Å². The van der Waals surface area contributed by atoms with Gasteiger partial charge in [0.15, 0.2) is 4.32 Å². The Balaban J connectivity index is 1.70. The summed E-state index contributed by atoms with van der Waals surface area (Å²) in [6.45, 7) is 0. The van der Waals surface area contributed by atoms with Crippen LogP contribution >= 0.6 is 24.0 Å². The van der Waals surface area contributed by atoms with Crippen molar-refractivity contribution in [3.05, 3.63) is 76.8 Å². The monoisotopic (exact) mass is 392 g/mol. The van der Waals surface area contributed by atoms with Crippen LogP contribution < -0.4 is 4.90 Å². The highest BCUT2D eigenvalue weighted by atomic mass is 32.2. The minimum Gasteiger partial charge on any atom is -0.478 e. The van der Waals surface area contributed by atoms with Gasteiger partial charge in [-0.25, -0.2) is 4.79 Å². The van der Waals surface area contributed by atoms with Gasteiger partial charge in [0, 0.05) is 17.1 Å². The van der Waals surface area contributed by atoms with Gasteiger partial charge < -0.3 is 5.11 Å². The lowest BCUT2D eigenvalue weighted by molar-refractivity contribution is -0.113. The number of anilines is 1. The highest BCUT2D eigenvalue weighted by Crippen LogP contribution is 2.36. The number of fused-ring (bicyclic) bond motifs is 1. The maximum Gasteiger partial charge on any atom is 0.335 e. The molecule has 0 spiro atoms. The summed E-state index contributed by atoms with van der Waals surface area (Å²) in [5.41, 5.74) is 2.36. The molecule has 1 aliphatic rings. The Morgan fingerprint density at radius 3 is 2.59 bits per heavy atom. The second-order valence-corrected chi connectivity index (χ2v) is 7.47. The number of nitrogens with zero attached hydrogens (tertiary/aromatic N) is 2. The maximum atomic E-state index is 12.9. The number of carbonyl (C=O) groups is 2. The lowest BCUT2D eigenvalue weighted by Gasteiger charge is -2.14. The van der Waals surface area contributed by atoms with Crippen molar-refractivity contribution in [2.45, 2.75) is 0 Å². The fourth-order valence-electron chi connectivity index (χ4n) is 2.83. The molecule has 132 valence electrons. The lowest BCUT2D eigenvalue weighted by atomic mass is 10.1. The number of aromatic carboxylic acids is 1. The van der Waals surface area contributed by atoms with Crippen LogP contribution in [0.5, 0.6) is 0 Å². The molecule has 0 aliphatic carbocycles. The van der Waals surface area contributed by atoms with Crippen LogP contribution in [-0.2, 0) is 4.79 Å². The highest BCUT2D eigenvalue weighted by Gasteiger charge is 2.33. The van der Waals surface area contributed by atoms with Gasteiger partial charge in [-0.15, -0.1) is 0 Å². The number of thiocarbonyl (C=S) groups is 1. The summed E-state index contributed by atoms with van der Waals surface area (Å²) in [7, 11) is 0. The number of hydrogen-bond acceptors (Lipinski definition) is 5. The summed E-state index contributed by atoms with van der Waals surface area (Å²) in [4.78, 5) is 30.2. The number of benzene rings is 2. The van der Waals surface area contributed by atoms with E-state index in [2.05, 4.69) is 4.98 Å². The normalized spacial score (nSPS) is 15.7. The Kier molecular flexibility index (Phi) is 4.47. The van der Waals surface area contributed by atoms with Gasteiger partial charge in [0.25, 0.3) is 5.91 Å². The molecule has 1 aromatic heterocycles. The molecule has 4 rings (SSSR count). The number of rotatable bonds is 3. The van der Waals surface area contributed by atoms with Gasteiger partial charge in [0.05, 0.1) is 21.7 Å². The van der Waals surface area contributed by atoms with Gasteiger partial charge in [-0.05, 0) is 36.4 Å². The summed E-state index contributed by atoms with van der Waals surface area (Å²) in [5, 5.41) is 10.0. The summed E-state index contributed by atoms with van der Waals surface area (Å²) in [5.74, 6) is -1.25. The predicted molar refractivity (Wildman–Crippen MR) is 111 cm³/mol. The molecule has 0 radical (unpaired) electrons. The zero-order chi connectivity index (χ0) is 19.0. The molecule has 2 aromatic carbocycles. The molecule has 2 heterocycles. The van der Waals surface area contributed by atoms with Gasteiger partial charge in [-0.2, -0.15) is 0 Å². The molecule has 5 nitrogen and oxygen atoms in total. The summed E-state index contributed by atoms with van der Waals surface area (Å²) >= 11 is 6.58. The van der Waals surface area contributed by atoms with Crippen molar-refractivity contribution in [2.24, 2.45) is 0 Å². The van der Waals surface area contributed by atoms with Crippen LogP contribution in [0.25, 0.3) is 17.0 Å². The highest BCUT2D eigenvalue weighted by molar-refractivity contribution is 8.27. The quantitative estimate of drug-likeness (QED) is 0.528. The first-order valence-corrected chi connectivity index (χ1v) is 9.22. The van der Waals surface area contributed by atoms with Crippen LogP contribution in [0.2, 0.25) is 0 Å². The molecule has 1 fully saturated rings. The third kappa shape index (κ3) is 3.22. The first kappa shape index (κ1) is 17.4. The fraction of sp³-hybridized carbons (Fsp3) is 0. The Bertz CT molecular complexity index is 1120. The molecular formula is C20H12N2O3S2. The van der Waals surface area contributed by atoms with E-state index in [4.69, 9.17) is 17.3 Å². The number of amides is 1. The lowest BCUT2D eigenvalue weighted by Crippen LogP contribution is -2.27. The van der Waals surface area contributed by atoms with E-state index in [0.29, 0.717) is 14.9 Å². The molecule has 0 saturated carbocycles. The molecule has 0 bridgehead atoms. The summed E-state index contributed by atoms with van der Waals surface area (Å²) < 4.78 is 0.405. The van der Waals surface area contributed by atoms with Crippen molar-refractivity contribution in [1.29, 1.82) is 0 Å². The zero-order valence-corrected chi connectivity index (χ0v) is 15.5. The second-order valence-electron chi connectivity index (χ2n) is 5.79. The number of pyridine rings is 1. The van der Waals surface area contributed by atoms with E-state index < -0.39 is 5.97 Å². The van der Waals surface area contributed by atoms with E-state index in [1.165, 1.54) is 28.8 Å². The summed E-state index contributed by atoms with van der Waals surface area (Å²) in [6.07, 6.45) is 3.51. The number of para-hydroxylation sites is 1. The standard InChI is InChI=1S/C20H12N2O3S2/c23-18-16(11-14-4-1-3-12-5-2-10-21-17(12)14)27-20(26)22(18)15-8-6-13(7-9-15)19(24)25/h1-11H,(H,24,25). The zero-order valence-electron chi connectivity index (χ0n) is 13.8. The van der Waals surface area contributed by atoms with Crippen LogP contribution in [-0.4, -0.2) is 26.3 Å². The Labute approximate surface area is 164 Å². The van der Waals surface area contributed by atoms with Crippen LogP contribution in [0.15, 0.2) is 65.7 Å². The van der Waals surface area contributed by atoms with Crippen molar-refractivity contribution in [2.75, 3.05) is 4.90 Å². The third-order valence-electron chi connectivity index (χ3n) is 4.12. The van der Waals surface area contributed by atoms with Gasteiger partial charge in [-0.1, -0.05) is 48.2 Å². The topological polar surface area (TPSA) is 70.5 Å². The van der Waals surface area contributed by atoms with Crippen LogP contribution in [0.4, 0.5) is 5.69 Å². The number of carboxylic acids is 1. The molecule has 1 aliphatic heterocycles. The van der Waals surface area contributed by atoms with Gasteiger partial charge in [-0.3, -0.25) is 14.7 Å². The van der Waals surface area contributed by atoms with Crippen LogP contribution in [0, 0.1) is 0 Å². The molecule has 1 N–H and O–H groups in total. The predicted octanol–water partition coefficient (Wildman–Crippen LogP) is 4.34. The minimum atomic E-state index is -1.02. The van der Waals surface area contributed by atoms with Gasteiger partial charge in [0.1, 0.15) is 0 Å². The fourth-order valence-corrected chi connectivity index (χ4v) is 4.12. The van der Waals surface area contributed by atoms with Crippen molar-refractivity contribution in [1.82, 2.24) is 4.98 Å². The Morgan fingerprint density at radius 2 is 1.85 bits per heavy atom. The van der Waals surface area contributed by atoms with Crippen LogP contribution in [0.1, 0.15) is 15.9 Å². The average molecular weight is 392 g/mol. The van der Waals surface area contributed by atoms with E-state index in [0.717, 1.165) is 16.5 Å². The number of aromatic nitrogens is 1. The number of hydrogen-bond donors (Lipinski definition) is 1. The summed E-state index contributed by atoms with van der Waals surface area (Å²) in [6, 6.07) is 15.7. The van der Waals surface area contributed by atoms with E-state index in [9.17, 15) is 9.59 Å². The van der Waals surface area contributed by atoms with Crippen molar-refractivity contribution in [3.63, 3.8) is 0 Å². The van der Waals surface area contributed by atoms with E-state index >= 15 is 0 Å². The van der Waals surface area contributed by atoms with Crippen molar-refractivity contribution < 1.29 is 14.7 Å². The Morgan fingerprint density at radius 1 is 1.11 bits per heavy atom. The molecule has 3 aromatic rings. The number of carbonyl (C=O) groups excluding carboxylic acids is 1. The molecular weight excluding hydrogens is 380 g/mol. The first-order chi connectivity index (χ1) is 13.0. The largest absolute Gasteiger partial charge is 0.478 e. The third-order valence-corrected chi connectivity index (χ3v) is 5.42. The molecule has 27 heavy (non-hydrogen) atoms. The molecule has 0 unspecified atom stereocenters. The maximum absolute atomic E-state index is 12.9. The molecule has 0 atom stereocenters. The smallest absolute Gasteiger partial charge is 0.335 e. The van der Waals surface area contributed by atoms with Crippen LogP contribution in [0.3, 0.4) is 0 Å². The first-order valence-electron chi connectivity index (χ1n) is 7.99. The van der Waals surface area contributed by atoms with E-state index in [-0.39, 0.29) is 11.5 Å². The SMILES string of the molecule is O=C(O)c1ccc(N2C(=O)C(=Cc3cccc4cccnc34)SC2=S)cc1. The van der Waals surface area contributed by atoms with E-state index in [1.807, 2.05) is 30.3 Å². The molecule has 1 amide bonds. The average Bonchev–Trinajstić information content (AvgIpc) is 2.95. The minimum absolute atomic E-state index is 0.154. The van der Waals surface area contributed by atoms with E-state index in [1.54, 1.807) is 24.4 Å². The van der Waals surface area contributed by atoms with Gasteiger partial charge in [0.2, 0.25) is 0 Å². The van der Waals surface area contributed by atoms with Crippen molar-refractivity contribution in [3.8, 4) is 0 Å². The molecule has 1 saturated heterocycles. The Hall–Kier alpha value is -3.03. The number of carboxylic acid groups (broad SMARTS) is 1.